The number of ether oxygens (including phenoxy) is 1. The van der Waals surface area contributed by atoms with Crippen molar-refractivity contribution >= 4 is 10.0 Å². The van der Waals surface area contributed by atoms with E-state index in [1.807, 2.05) is 39.0 Å². The van der Waals surface area contributed by atoms with E-state index in [2.05, 4.69) is 4.72 Å². The molecule has 0 radical (unpaired) electrons. The monoisotopic (exact) mass is 285 g/mol. The first kappa shape index (κ1) is 16.0. The lowest BCUT2D eigenvalue weighted by molar-refractivity contribution is 0.338. The fourth-order valence-corrected chi connectivity index (χ4v) is 2.97. The predicted molar refractivity (Wildman–Crippen MR) is 78.1 cm³/mol. The number of nitrogens with one attached hydrogen (secondary N) is 1. The Morgan fingerprint density at radius 2 is 2.00 bits per heavy atom. The van der Waals surface area contributed by atoms with E-state index < -0.39 is 10.0 Å². The van der Waals surface area contributed by atoms with Crippen molar-refractivity contribution in [2.75, 3.05) is 18.9 Å². The maximum Gasteiger partial charge on any atom is 0.211 e. The third-order valence-corrected chi connectivity index (χ3v) is 4.34. The number of aryl methyl sites for hydroxylation is 1. The molecule has 0 aliphatic heterocycles. The predicted octanol–water partition coefficient (Wildman–Crippen LogP) is 2.27. The molecular formula is C14H23NO3S. The smallest absolute Gasteiger partial charge is 0.211 e. The molecule has 0 amide bonds. The van der Waals surface area contributed by atoms with Gasteiger partial charge in [-0.25, -0.2) is 13.1 Å². The Morgan fingerprint density at radius 1 is 1.26 bits per heavy atom. The van der Waals surface area contributed by atoms with Gasteiger partial charge in [-0.2, -0.15) is 0 Å². The van der Waals surface area contributed by atoms with Gasteiger partial charge in [-0.3, -0.25) is 0 Å². The van der Waals surface area contributed by atoms with Crippen LogP contribution < -0.4 is 9.46 Å². The van der Waals surface area contributed by atoms with Crippen LogP contribution in [0.15, 0.2) is 18.2 Å². The number of sulfonamides is 1. The average Bonchev–Trinajstić information content (AvgIpc) is 2.32. The van der Waals surface area contributed by atoms with Gasteiger partial charge in [-0.1, -0.05) is 19.1 Å². The summed E-state index contributed by atoms with van der Waals surface area (Å²) >= 11 is 0. The summed E-state index contributed by atoms with van der Waals surface area (Å²) in [5, 5.41) is 0. The third kappa shape index (κ3) is 5.61. The lowest BCUT2D eigenvalue weighted by Gasteiger charge is -2.09. The van der Waals surface area contributed by atoms with Gasteiger partial charge in [0.2, 0.25) is 10.0 Å². The summed E-state index contributed by atoms with van der Waals surface area (Å²) in [7, 11) is -3.10. The molecule has 0 atom stereocenters. The Morgan fingerprint density at radius 3 is 2.58 bits per heavy atom. The standard InChI is InChI=1S/C14H23NO3S/c1-4-10-19(16,17)15-9-8-13-6-7-14(18-5-2)12(3)11-13/h6-7,11,15H,4-5,8-10H2,1-3H3. The van der Waals surface area contributed by atoms with Gasteiger partial charge >= 0.3 is 0 Å². The quantitative estimate of drug-likeness (QED) is 0.797. The van der Waals surface area contributed by atoms with Crippen molar-refractivity contribution < 1.29 is 13.2 Å². The number of benzene rings is 1. The third-order valence-electron chi connectivity index (χ3n) is 2.75. The highest BCUT2D eigenvalue weighted by molar-refractivity contribution is 7.89. The van der Waals surface area contributed by atoms with Gasteiger partial charge < -0.3 is 4.74 Å². The molecule has 0 bridgehead atoms. The van der Waals surface area contributed by atoms with Gasteiger partial charge in [0.1, 0.15) is 5.75 Å². The molecule has 1 N–H and O–H groups in total. The van der Waals surface area contributed by atoms with E-state index in [-0.39, 0.29) is 5.75 Å². The lowest BCUT2D eigenvalue weighted by Crippen LogP contribution is -2.28. The van der Waals surface area contributed by atoms with Crippen molar-refractivity contribution in [3.05, 3.63) is 29.3 Å². The fourth-order valence-electron chi connectivity index (χ4n) is 1.88. The Balaban J connectivity index is 2.52. The van der Waals surface area contributed by atoms with Crippen LogP contribution in [0.3, 0.4) is 0 Å². The minimum absolute atomic E-state index is 0.190. The SMILES string of the molecule is CCCS(=O)(=O)NCCc1ccc(OCC)c(C)c1. The molecular weight excluding hydrogens is 262 g/mol. The molecule has 108 valence electrons. The van der Waals surface area contributed by atoms with E-state index in [0.717, 1.165) is 16.9 Å². The van der Waals surface area contributed by atoms with Gasteiger partial charge in [0.25, 0.3) is 0 Å². The molecule has 0 fully saturated rings. The molecule has 19 heavy (non-hydrogen) atoms. The summed E-state index contributed by atoms with van der Waals surface area (Å²) < 4.78 is 31.1. The first-order valence-corrected chi connectivity index (χ1v) is 8.33. The topological polar surface area (TPSA) is 55.4 Å². The molecule has 4 nitrogen and oxygen atoms in total. The summed E-state index contributed by atoms with van der Waals surface area (Å²) in [5.41, 5.74) is 2.19. The van der Waals surface area contributed by atoms with Gasteiger partial charge in [-0.05, 0) is 43.9 Å². The molecule has 0 spiro atoms. The van der Waals surface area contributed by atoms with Crippen LogP contribution >= 0.6 is 0 Å². The summed E-state index contributed by atoms with van der Waals surface area (Å²) in [6.45, 7) is 6.90. The maximum absolute atomic E-state index is 11.5. The Hall–Kier alpha value is -1.07. The summed E-state index contributed by atoms with van der Waals surface area (Å²) in [6.07, 6.45) is 1.33. The van der Waals surface area contributed by atoms with Crippen molar-refractivity contribution in [3.63, 3.8) is 0 Å². The van der Waals surface area contributed by atoms with Crippen LogP contribution in [0, 0.1) is 6.92 Å². The molecule has 0 aromatic heterocycles. The minimum atomic E-state index is -3.10. The fraction of sp³-hybridized carbons (Fsp3) is 0.571. The van der Waals surface area contributed by atoms with Crippen molar-refractivity contribution in [3.8, 4) is 5.75 Å². The Labute approximate surface area is 116 Å². The average molecular weight is 285 g/mol. The van der Waals surface area contributed by atoms with Crippen LogP contribution in [0.2, 0.25) is 0 Å². The summed E-state index contributed by atoms with van der Waals surface area (Å²) in [4.78, 5) is 0. The molecule has 0 saturated carbocycles. The zero-order valence-corrected chi connectivity index (χ0v) is 12.7. The molecule has 1 aromatic rings. The zero-order chi connectivity index (χ0) is 14.3. The van der Waals surface area contributed by atoms with E-state index in [1.165, 1.54) is 0 Å². The first-order chi connectivity index (χ1) is 8.98. The Kier molecular flexibility index (Phi) is 6.31. The van der Waals surface area contributed by atoms with E-state index >= 15 is 0 Å². The molecule has 0 aliphatic rings. The zero-order valence-electron chi connectivity index (χ0n) is 11.9. The summed E-state index contributed by atoms with van der Waals surface area (Å²) in [5.74, 6) is 1.08. The van der Waals surface area contributed by atoms with Crippen LogP contribution in [0.4, 0.5) is 0 Å². The second kappa shape index (κ2) is 7.50. The van der Waals surface area contributed by atoms with E-state index in [1.54, 1.807) is 0 Å². The Bertz CT molecular complexity index is 497. The van der Waals surface area contributed by atoms with Gasteiger partial charge in [0, 0.05) is 6.54 Å². The normalized spacial score (nSPS) is 11.5. The van der Waals surface area contributed by atoms with Crippen molar-refractivity contribution in [1.29, 1.82) is 0 Å². The van der Waals surface area contributed by atoms with E-state index in [9.17, 15) is 8.42 Å². The molecule has 1 rings (SSSR count). The van der Waals surface area contributed by atoms with E-state index in [4.69, 9.17) is 4.74 Å². The molecule has 0 aliphatic carbocycles. The van der Waals surface area contributed by atoms with Crippen LogP contribution in [0.5, 0.6) is 5.75 Å². The van der Waals surface area contributed by atoms with Crippen LogP contribution in [0.25, 0.3) is 0 Å². The highest BCUT2D eigenvalue weighted by atomic mass is 32.2. The van der Waals surface area contributed by atoms with Gasteiger partial charge in [-0.15, -0.1) is 0 Å². The van der Waals surface area contributed by atoms with Crippen LogP contribution in [-0.2, 0) is 16.4 Å². The molecule has 5 heteroatoms. The van der Waals surface area contributed by atoms with Gasteiger partial charge in [0.05, 0.1) is 12.4 Å². The molecule has 0 heterocycles. The highest BCUT2D eigenvalue weighted by Crippen LogP contribution is 2.19. The number of hydrogen-bond donors (Lipinski definition) is 1. The second-order valence-electron chi connectivity index (χ2n) is 4.50. The second-order valence-corrected chi connectivity index (χ2v) is 6.42. The first-order valence-electron chi connectivity index (χ1n) is 6.68. The van der Waals surface area contributed by atoms with Crippen LogP contribution in [0.1, 0.15) is 31.4 Å². The number of hydrogen-bond acceptors (Lipinski definition) is 3. The largest absolute Gasteiger partial charge is 0.494 e. The molecule has 1 aromatic carbocycles. The summed E-state index contributed by atoms with van der Waals surface area (Å²) in [6, 6.07) is 5.96. The van der Waals surface area contributed by atoms with Crippen molar-refractivity contribution in [1.82, 2.24) is 4.72 Å². The number of rotatable bonds is 8. The van der Waals surface area contributed by atoms with E-state index in [0.29, 0.717) is 26.0 Å². The highest BCUT2D eigenvalue weighted by Gasteiger charge is 2.07. The maximum atomic E-state index is 11.5. The molecule has 0 saturated heterocycles. The lowest BCUT2D eigenvalue weighted by atomic mass is 10.1. The van der Waals surface area contributed by atoms with Crippen molar-refractivity contribution in [2.24, 2.45) is 0 Å². The minimum Gasteiger partial charge on any atom is -0.494 e. The van der Waals surface area contributed by atoms with Gasteiger partial charge in [0.15, 0.2) is 0 Å². The van der Waals surface area contributed by atoms with Crippen LogP contribution in [-0.4, -0.2) is 27.3 Å². The molecule has 0 unspecified atom stereocenters. The van der Waals surface area contributed by atoms with Crippen molar-refractivity contribution in [2.45, 2.75) is 33.6 Å².